The molecule has 0 aliphatic carbocycles. The van der Waals surface area contributed by atoms with E-state index in [-0.39, 0.29) is 11.3 Å². The number of para-hydroxylation sites is 1. The van der Waals surface area contributed by atoms with Gasteiger partial charge in [-0.3, -0.25) is 4.79 Å². The molecular weight excluding hydrogens is 301 g/mol. The maximum absolute atomic E-state index is 13.1. The second-order valence-electron chi connectivity index (χ2n) is 4.40. The van der Waals surface area contributed by atoms with Crippen molar-refractivity contribution >= 4 is 23.4 Å². The Morgan fingerprint density at radius 2 is 2.00 bits per heavy atom. The fourth-order valence-electron chi connectivity index (χ4n) is 1.78. The Bertz CT molecular complexity index is 478. The summed E-state index contributed by atoms with van der Waals surface area (Å²) >= 11 is 1.55. The van der Waals surface area contributed by atoms with Crippen LogP contribution in [-0.4, -0.2) is 31.0 Å². The van der Waals surface area contributed by atoms with Crippen molar-refractivity contribution in [1.29, 1.82) is 0 Å². The molecule has 1 amide bonds. The third-order valence-electron chi connectivity index (χ3n) is 2.76. The maximum atomic E-state index is 13.1. The number of halogens is 3. The molecule has 21 heavy (non-hydrogen) atoms. The summed E-state index contributed by atoms with van der Waals surface area (Å²) in [5, 5.41) is 5.35. The molecule has 0 spiro atoms. The molecule has 0 atom stereocenters. The summed E-state index contributed by atoms with van der Waals surface area (Å²) in [5.74, 6) is 0.219. The first-order valence-electron chi connectivity index (χ1n) is 6.63. The van der Waals surface area contributed by atoms with Crippen molar-refractivity contribution in [3.05, 3.63) is 29.3 Å². The highest BCUT2D eigenvalue weighted by Crippen LogP contribution is 2.36. The fourth-order valence-corrected chi connectivity index (χ4v) is 2.09. The quantitative estimate of drug-likeness (QED) is 0.754. The zero-order chi connectivity index (χ0) is 15.9. The lowest BCUT2D eigenvalue weighted by Crippen LogP contribution is -2.27. The zero-order valence-corrected chi connectivity index (χ0v) is 12.8. The van der Waals surface area contributed by atoms with E-state index in [0.29, 0.717) is 25.3 Å². The number of nitrogens with one attached hydrogen (secondary N) is 2. The van der Waals surface area contributed by atoms with Crippen LogP contribution in [-0.2, 0) is 6.18 Å². The number of carbonyl (C=O) groups is 1. The summed E-state index contributed by atoms with van der Waals surface area (Å²) in [6.45, 7) is 2.64. The molecular formula is C14H19F3N2OS. The van der Waals surface area contributed by atoms with Gasteiger partial charge in [0.1, 0.15) is 0 Å². The van der Waals surface area contributed by atoms with Gasteiger partial charge < -0.3 is 10.6 Å². The highest BCUT2D eigenvalue weighted by atomic mass is 32.2. The molecule has 0 saturated heterocycles. The third kappa shape index (κ3) is 5.15. The summed E-state index contributed by atoms with van der Waals surface area (Å²) in [7, 11) is 0. The van der Waals surface area contributed by atoms with E-state index in [9.17, 15) is 18.0 Å². The van der Waals surface area contributed by atoms with Gasteiger partial charge in [0.25, 0.3) is 5.91 Å². The Kier molecular flexibility index (Phi) is 6.87. The van der Waals surface area contributed by atoms with E-state index < -0.39 is 17.6 Å². The van der Waals surface area contributed by atoms with Crippen LogP contribution >= 0.6 is 11.8 Å². The van der Waals surface area contributed by atoms with E-state index in [1.54, 1.807) is 11.8 Å². The highest BCUT2D eigenvalue weighted by Gasteiger charge is 2.35. The largest absolute Gasteiger partial charge is 0.418 e. The van der Waals surface area contributed by atoms with Gasteiger partial charge in [0.05, 0.1) is 16.8 Å². The Hall–Kier alpha value is -1.37. The molecule has 0 aliphatic heterocycles. The minimum atomic E-state index is -4.49. The number of hydrogen-bond donors (Lipinski definition) is 2. The number of amides is 1. The topological polar surface area (TPSA) is 41.1 Å². The van der Waals surface area contributed by atoms with Crippen molar-refractivity contribution in [3.8, 4) is 0 Å². The first kappa shape index (κ1) is 17.7. The Morgan fingerprint density at radius 1 is 1.29 bits per heavy atom. The number of anilines is 1. The normalized spacial score (nSPS) is 11.3. The van der Waals surface area contributed by atoms with Gasteiger partial charge in [-0.05, 0) is 24.8 Å². The first-order valence-corrected chi connectivity index (χ1v) is 8.02. The summed E-state index contributed by atoms with van der Waals surface area (Å²) < 4.78 is 39.2. The Morgan fingerprint density at radius 3 is 2.57 bits per heavy atom. The average Bonchev–Trinajstić information content (AvgIpc) is 2.43. The van der Waals surface area contributed by atoms with Gasteiger partial charge >= 0.3 is 6.18 Å². The van der Waals surface area contributed by atoms with Gasteiger partial charge in [-0.2, -0.15) is 24.9 Å². The second-order valence-corrected chi connectivity index (χ2v) is 5.39. The molecule has 1 aromatic rings. The second kappa shape index (κ2) is 8.17. The van der Waals surface area contributed by atoms with Crippen LogP contribution in [0, 0.1) is 0 Å². The van der Waals surface area contributed by atoms with Crippen LogP contribution in [0.3, 0.4) is 0 Å². The number of thioether (sulfide) groups is 1. The van der Waals surface area contributed by atoms with Crippen molar-refractivity contribution in [2.75, 3.05) is 30.4 Å². The monoisotopic (exact) mass is 320 g/mol. The van der Waals surface area contributed by atoms with Crippen molar-refractivity contribution in [2.45, 2.75) is 19.5 Å². The van der Waals surface area contributed by atoms with E-state index in [4.69, 9.17) is 0 Å². The minimum Gasteiger partial charge on any atom is -0.384 e. The van der Waals surface area contributed by atoms with Gasteiger partial charge in [0.2, 0.25) is 0 Å². The number of carbonyl (C=O) groups excluding carboxylic acids is 1. The highest BCUT2D eigenvalue weighted by molar-refractivity contribution is 7.98. The number of benzene rings is 1. The standard InChI is InChI=1S/C14H19F3N2OS/c1-3-7-18-12-10(13(20)19-8-9-21-2)5-4-6-11(12)14(15,16)17/h4-6,18H,3,7-9H2,1-2H3,(H,19,20). The lowest BCUT2D eigenvalue weighted by Gasteiger charge is -2.18. The molecule has 0 aromatic heterocycles. The van der Waals surface area contributed by atoms with Crippen molar-refractivity contribution in [2.24, 2.45) is 0 Å². The molecule has 0 heterocycles. The van der Waals surface area contributed by atoms with Crippen molar-refractivity contribution in [1.82, 2.24) is 5.32 Å². The molecule has 1 rings (SSSR count). The van der Waals surface area contributed by atoms with E-state index in [0.717, 1.165) is 6.07 Å². The van der Waals surface area contributed by atoms with Gasteiger partial charge in [0.15, 0.2) is 0 Å². The maximum Gasteiger partial charge on any atom is 0.418 e. The molecule has 0 aliphatic rings. The van der Waals surface area contributed by atoms with Crippen LogP contribution in [0.5, 0.6) is 0 Å². The molecule has 0 unspecified atom stereocenters. The van der Waals surface area contributed by atoms with Gasteiger partial charge in [0, 0.05) is 18.8 Å². The molecule has 0 saturated carbocycles. The van der Waals surface area contributed by atoms with Crippen LogP contribution < -0.4 is 10.6 Å². The minimum absolute atomic E-state index is 0.0272. The molecule has 0 radical (unpaired) electrons. The van der Waals surface area contributed by atoms with Crippen molar-refractivity contribution in [3.63, 3.8) is 0 Å². The predicted octanol–water partition coefficient (Wildman–Crippen LogP) is 3.62. The number of rotatable bonds is 7. The molecule has 3 nitrogen and oxygen atoms in total. The van der Waals surface area contributed by atoms with Crippen LogP contribution in [0.1, 0.15) is 29.3 Å². The summed E-state index contributed by atoms with van der Waals surface area (Å²) in [5.41, 5.74) is -0.929. The van der Waals surface area contributed by atoms with Gasteiger partial charge in [-0.1, -0.05) is 13.0 Å². The third-order valence-corrected chi connectivity index (χ3v) is 3.37. The first-order chi connectivity index (χ1) is 9.91. The predicted molar refractivity (Wildman–Crippen MR) is 80.9 cm³/mol. The van der Waals surface area contributed by atoms with Crippen LogP contribution in [0.4, 0.5) is 18.9 Å². The zero-order valence-electron chi connectivity index (χ0n) is 12.0. The molecule has 118 valence electrons. The van der Waals surface area contributed by atoms with E-state index >= 15 is 0 Å². The SMILES string of the molecule is CCCNc1c(C(=O)NCCSC)cccc1C(F)(F)F. The molecule has 2 N–H and O–H groups in total. The number of alkyl halides is 3. The summed E-state index contributed by atoms with van der Waals surface area (Å²) in [4.78, 5) is 12.1. The van der Waals surface area contributed by atoms with E-state index in [1.807, 2.05) is 13.2 Å². The fraction of sp³-hybridized carbons (Fsp3) is 0.500. The molecule has 0 bridgehead atoms. The summed E-state index contributed by atoms with van der Waals surface area (Å²) in [6, 6.07) is 3.64. The lowest BCUT2D eigenvalue weighted by molar-refractivity contribution is -0.137. The lowest BCUT2D eigenvalue weighted by atomic mass is 10.1. The van der Waals surface area contributed by atoms with Gasteiger partial charge in [-0.15, -0.1) is 0 Å². The Balaban J connectivity index is 3.09. The van der Waals surface area contributed by atoms with E-state index in [2.05, 4.69) is 10.6 Å². The van der Waals surface area contributed by atoms with Crippen molar-refractivity contribution < 1.29 is 18.0 Å². The van der Waals surface area contributed by atoms with Crippen LogP contribution in [0.2, 0.25) is 0 Å². The molecule has 0 fully saturated rings. The summed E-state index contributed by atoms with van der Waals surface area (Å²) in [6.07, 6.45) is -1.93. The molecule has 1 aromatic carbocycles. The Labute approximate surface area is 126 Å². The average molecular weight is 320 g/mol. The number of hydrogen-bond acceptors (Lipinski definition) is 3. The van der Waals surface area contributed by atoms with Crippen LogP contribution in [0.25, 0.3) is 0 Å². The molecule has 7 heteroatoms. The van der Waals surface area contributed by atoms with E-state index in [1.165, 1.54) is 12.1 Å². The van der Waals surface area contributed by atoms with Gasteiger partial charge in [-0.25, -0.2) is 0 Å². The van der Waals surface area contributed by atoms with Crippen LogP contribution in [0.15, 0.2) is 18.2 Å². The smallest absolute Gasteiger partial charge is 0.384 e.